The molecule has 0 amide bonds. The van der Waals surface area contributed by atoms with Crippen LogP contribution in [0.3, 0.4) is 0 Å². The molecule has 0 saturated carbocycles. The number of fused-ring (bicyclic) bond motifs is 1. The second-order valence-corrected chi connectivity index (χ2v) is 13.5. The molecule has 182 valence electrons. The highest BCUT2D eigenvalue weighted by Gasteiger charge is 2.41. The topological polar surface area (TPSA) is 67.1 Å². The van der Waals surface area contributed by atoms with Crippen molar-refractivity contribution in [3.63, 3.8) is 0 Å². The largest absolute Gasteiger partial charge is 0.383 e. The van der Waals surface area contributed by atoms with Crippen LogP contribution in [0.5, 0.6) is 0 Å². The third-order valence-electron chi connectivity index (χ3n) is 6.91. The summed E-state index contributed by atoms with van der Waals surface area (Å²) in [4.78, 5) is 7.45. The SMILES string of the molecule is COCCN1CCC2(CC1)CN=C(c1cc3cccc(N(C)S(=O)(=O)c4cccs4)c3n1C)S2. The highest BCUT2D eigenvalue weighted by atomic mass is 32.2. The van der Waals surface area contributed by atoms with Crippen LogP contribution in [0.25, 0.3) is 10.9 Å². The number of benzene rings is 1. The van der Waals surface area contributed by atoms with Crippen LogP contribution in [-0.4, -0.2) is 74.6 Å². The monoisotopic (exact) mass is 518 g/mol. The van der Waals surface area contributed by atoms with Gasteiger partial charge in [-0.1, -0.05) is 30.0 Å². The van der Waals surface area contributed by atoms with Gasteiger partial charge in [-0.25, -0.2) is 8.42 Å². The minimum absolute atomic E-state index is 0.164. The van der Waals surface area contributed by atoms with Crippen molar-refractivity contribution in [1.29, 1.82) is 0 Å². The van der Waals surface area contributed by atoms with Crippen LogP contribution in [-0.2, 0) is 21.8 Å². The van der Waals surface area contributed by atoms with Crippen molar-refractivity contribution >= 4 is 54.8 Å². The number of aryl methyl sites for hydroxylation is 1. The van der Waals surface area contributed by atoms with Crippen molar-refractivity contribution in [2.45, 2.75) is 21.8 Å². The predicted molar refractivity (Wildman–Crippen MR) is 142 cm³/mol. The number of aliphatic imine (C=N–C) groups is 1. The Hall–Kier alpha value is -1.85. The van der Waals surface area contributed by atoms with Crippen molar-refractivity contribution in [2.24, 2.45) is 12.0 Å². The molecule has 2 aromatic heterocycles. The molecule has 0 bridgehead atoms. The molecule has 34 heavy (non-hydrogen) atoms. The normalized spacial score (nSPS) is 18.6. The van der Waals surface area contributed by atoms with Gasteiger partial charge in [-0.3, -0.25) is 9.30 Å². The zero-order valence-electron chi connectivity index (χ0n) is 19.7. The van der Waals surface area contributed by atoms with E-state index in [1.165, 1.54) is 15.6 Å². The summed E-state index contributed by atoms with van der Waals surface area (Å²) >= 11 is 3.14. The van der Waals surface area contributed by atoms with Crippen LogP contribution in [0.2, 0.25) is 0 Å². The number of thiophene rings is 1. The highest BCUT2D eigenvalue weighted by Crippen LogP contribution is 2.44. The first-order valence-electron chi connectivity index (χ1n) is 11.4. The first-order valence-corrected chi connectivity index (χ1v) is 14.5. The second kappa shape index (κ2) is 9.31. The van der Waals surface area contributed by atoms with Gasteiger partial charge < -0.3 is 14.2 Å². The molecule has 2 aliphatic rings. The first-order chi connectivity index (χ1) is 16.3. The quantitative estimate of drug-likeness (QED) is 0.472. The van der Waals surface area contributed by atoms with Crippen LogP contribution < -0.4 is 4.31 Å². The molecule has 0 N–H and O–H groups in total. The van der Waals surface area contributed by atoms with Crippen molar-refractivity contribution in [1.82, 2.24) is 9.47 Å². The summed E-state index contributed by atoms with van der Waals surface area (Å²) in [7, 11) is 1.78. The molecule has 2 aliphatic heterocycles. The van der Waals surface area contributed by atoms with E-state index in [2.05, 4.69) is 15.5 Å². The number of anilines is 1. The fraction of sp³-hybridized carbons (Fsp3) is 0.458. The predicted octanol–water partition coefficient (Wildman–Crippen LogP) is 4.04. The molecule has 0 unspecified atom stereocenters. The number of piperidine rings is 1. The minimum Gasteiger partial charge on any atom is -0.383 e. The molecular weight excluding hydrogens is 488 g/mol. The summed E-state index contributed by atoms with van der Waals surface area (Å²) < 4.78 is 35.6. The Labute approximate surface area is 209 Å². The zero-order valence-corrected chi connectivity index (χ0v) is 22.2. The lowest BCUT2D eigenvalue weighted by atomic mass is 9.96. The van der Waals surface area contributed by atoms with Crippen LogP contribution in [0.4, 0.5) is 5.69 Å². The molecular formula is C24H30N4O3S3. The van der Waals surface area contributed by atoms with Gasteiger partial charge in [0, 0.05) is 37.9 Å². The molecule has 5 rings (SSSR count). The molecule has 0 atom stereocenters. The van der Waals surface area contributed by atoms with Crippen molar-refractivity contribution in [3.8, 4) is 0 Å². The highest BCUT2D eigenvalue weighted by molar-refractivity contribution is 8.15. The Bertz CT molecular complexity index is 1310. The smallest absolute Gasteiger partial charge is 0.273 e. The van der Waals surface area contributed by atoms with E-state index in [4.69, 9.17) is 9.73 Å². The summed E-state index contributed by atoms with van der Waals surface area (Å²) in [5, 5.41) is 3.86. The van der Waals surface area contributed by atoms with E-state index in [0.29, 0.717) is 9.90 Å². The lowest BCUT2D eigenvalue weighted by Crippen LogP contribution is -2.44. The lowest BCUT2D eigenvalue weighted by Gasteiger charge is -2.38. The summed E-state index contributed by atoms with van der Waals surface area (Å²) in [6, 6.07) is 11.4. The molecule has 3 aromatic rings. The fourth-order valence-corrected chi connectivity index (χ4v) is 8.53. The molecule has 1 saturated heterocycles. The number of sulfonamides is 1. The van der Waals surface area contributed by atoms with Gasteiger partial charge in [-0.15, -0.1) is 11.3 Å². The van der Waals surface area contributed by atoms with Crippen molar-refractivity contribution < 1.29 is 13.2 Å². The van der Waals surface area contributed by atoms with Crippen molar-refractivity contribution in [2.75, 3.05) is 51.2 Å². The number of hydrogen-bond donors (Lipinski definition) is 0. The standard InChI is InChI=1S/C24H30N4O3S3/c1-26-20(23-25-17-24(33-23)9-11-28(12-10-24)13-14-31-3)16-18-6-4-7-19(22(18)26)27(2)34(29,30)21-8-5-15-32-21/h4-8,15-16H,9-14,17H2,1-3H3. The van der Waals surface area contributed by atoms with E-state index in [9.17, 15) is 8.42 Å². The van der Waals surface area contributed by atoms with Crippen LogP contribution in [0.15, 0.2) is 51.0 Å². The van der Waals surface area contributed by atoms with E-state index in [0.717, 1.165) is 67.3 Å². The van der Waals surface area contributed by atoms with E-state index >= 15 is 0 Å². The second-order valence-electron chi connectivity index (χ2n) is 8.95. The third kappa shape index (κ3) is 4.19. The molecule has 4 heterocycles. The molecule has 7 nitrogen and oxygen atoms in total. The number of rotatable bonds is 7. The van der Waals surface area contributed by atoms with E-state index in [-0.39, 0.29) is 4.75 Å². The minimum atomic E-state index is -3.61. The lowest BCUT2D eigenvalue weighted by molar-refractivity contribution is 0.127. The van der Waals surface area contributed by atoms with Gasteiger partial charge in [0.1, 0.15) is 9.25 Å². The Morgan fingerprint density at radius 1 is 1.21 bits per heavy atom. The third-order valence-corrected chi connectivity index (χ3v) is 11.6. The number of nitrogens with zero attached hydrogens (tertiary/aromatic N) is 4. The number of para-hydroxylation sites is 1. The first kappa shape index (κ1) is 23.9. The van der Waals surface area contributed by atoms with Gasteiger partial charge in [-0.05, 0) is 49.5 Å². The average molecular weight is 519 g/mol. The average Bonchev–Trinajstić information content (AvgIpc) is 3.58. The summed E-state index contributed by atoms with van der Waals surface area (Å²) in [5.74, 6) is 0. The maximum absolute atomic E-state index is 13.2. The van der Waals surface area contributed by atoms with Gasteiger partial charge in [0.15, 0.2) is 0 Å². The Morgan fingerprint density at radius 2 is 2.00 bits per heavy atom. The maximum Gasteiger partial charge on any atom is 0.273 e. The van der Waals surface area contributed by atoms with Crippen LogP contribution in [0, 0.1) is 0 Å². The van der Waals surface area contributed by atoms with E-state index in [1.54, 1.807) is 31.7 Å². The zero-order chi connectivity index (χ0) is 23.9. The van der Waals surface area contributed by atoms with Gasteiger partial charge in [0.25, 0.3) is 10.0 Å². The Kier molecular flexibility index (Phi) is 6.54. The van der Waals surface area contributed by atoms with E-state index < -0.39 is 10.0 Å². The molecule has 1 spiro atoms. The van der Waals surface area contributed by atoms with Gasteiger partial charge in [0.2, 0.25) is 0 Å². The Balaban J connectivity index is 1.41. The van der Waals surface area contributed by atoms with Gasteiger partial charge in [0.05, 0.1) is 30.0 Å². The summed E-state index contributed by atoms with van der Waals surface area (Å²) in [5.41, 5.74) is 2.62. The van der Waals surface area contributed by atoms with Crippen LogP contribution >= 0.6 is 23.1 Å². The molecule has 0 aliphatic carbocycles. The van der Waals surface area contributed by atoms with Gasteiger partial charge >= 0.3 is 0 Å². The van der Waals surface area contributed by atoms with Crippen LogP contribution in [0.1, 0.15) is 18.5 Å². The maximum atomic E-state index is 13.2. The Morgan fingerprint density at radius 3 is 2.71 bits per heavy atom. The molecule has 1 fully saturated rings. The summed E-state index contributed by atoms with van der Waals surface area (Å²) in [6.07, 6.45) is 2.23. The van der Waals surface area contributed by atoms with Crippen molar-refractivity contribution in [3.05, 3.63) is 47.5 Å². The molecule has 1 aromatic carbocycles. The van der Waals surface area contributed by atoms with E-state index in [1.807, 2.05) is 37.0 Å². The molecule has 0 radical (unpaired) electrons. The fourth-order valence-electron chi connectivity index (χ4n) is 4.81. The number of aromatic nitrogens is 1. The number of likely N-dealkylation sites (tertiary alicyclic amines) is 1. The number of hydrogen-bond acceptors (Lipinski definition) is 7. The molecule has 10 heteroatoms. The summed E-state index contributed by atoms with van der Waals surface area (Å²) in [6.45, 7) is 4.75. The number of methoxy groups -OCH3 is 1. The number of ether oxygens (including phenoxy) is 1. The number of thioether (sulfide) groups is 1. The van der Waals surface area contributed by atoms with Gasteiger partial charge in [-0.2, -0.15) is 0 Å².